The zero-order valence-corrected chi connectivity index (χ0v) is 18.9. The van der Waals surface area contributed by atoms with Crippen LogP contribution in [0.15, 0.2) is 0 Å². The first-order chi connectivity index (χ1) is 15.3. The third-order valence-electron chi connectivity index (χ3n) is 5.01. The Labute approximate surface area is 194 Å². The highest BCUT2D eigenvalue weighted by molar-refractivity contribution is 7.80. The van der Waals surface area contributed by atoms with Gasteiger partial charge in [0.2, 0.25) is 0 Å². The van der Waals surface area contributed by atoms with Gasteiger partial charge in [-0.25, -0.2) is 0 Å². The molecule has 0 atom stereocenters. The van der Waals surface area contributed by atoms with Crippen molar-refractivity contribution < 1.29 is 61.8 Å². The summed E-state index contributed by atoms with van der Waals surface area (Å²) in [7, 11) is 0. The van der Waals surface area contributed by atoms with E-state index in [1.165, 1.54) is 0 Å². The highest BCUT2D eigenvalue weighted by Crippen LogP contribution is 2.60. The first kappa shape index (κ1) is 33.4. The lowest BCUT2D eigenvalue weighted by atomic mass is 9.93. The standard InChI is InChI=1S/C19H27F13OS/c20-14(21,10-12-33-11-8-6-4-2-1-3-5-7-9-13-34)15(22,23)16(24,25)17(26,27)18(28,29)19(30,31)32/h34H,1-13H2. The molecule has 0 radical (unpaired) electrons. The van der Waals surface area contributed by atoms with Crippen molar-refractivity contribution in [3.05, 3.63) is 0 Å². The van der Waals surface area contributed by atoms with Crippen LogP contribution in [0.2, 0.25) is 0 Å². The maximum Gasteiger partial charge on any atom is 0.460 e. The molecule has 0 aromatic carbocycles. The van der Waals surface area contributed by atoms with Crippen LogP contribution in [0.4, 0.5) is 57.1 Å². The molecule has 0 aliphatic rings. The van der Waals surface area contributed by atoms with Crippen molar-refractivity contribution in [1.29, 1.82) is 0 Å². The Morgan fingerprint density at radius 1 is 0.441 bits per heavy atom. The molecule has 0 aromatic heterocycles. The van der Waals surface area contributed by atoms with Crippen LogP contribution in [-0.2, 0) is 4.74 Å². The van der Waals surface area contributed by atoms with Crippen LogP contribution in [0.25, 0.3) is 0 Å². The van der Waals surface area contributed by atoms with Crippen LogP contribution >= 0.6 is 12.6 Å². The maximum absolute atomic E-state index is 13.6. The van der Waals surface area contributed by atoms with Crippen molar-refractivity contribution in [2.45, 2.75) is 100.0 Å². The second kappa shape index (κ2) is 13.1. The van der Waals surface area contributed by atoms with E-state index in [2.05, 4.69) is 17.4 Å². The van der Waals surface area contributed by atoms with Crippen LogP contribution in [0.5, 0.6) is 0 Å². The molecule has 0 rings (SSSR count). The van der Waals surface area contributed by atoms with Gasteiger partial charge in [0, 0.05) is 13.0 Å². The normalized spacial score (nSPS) is 14.6. The number of hydrogen-bond acceptors (Lipinski definition) is 2. The molecule has 0 unspecified atom stereocenters. The van der Waals surface area contributed by atoms with Crippen molar-refractivity contribution in [3.63, 3.8) is 0 Å². The minimum Gasteiger partial charge on any atom is -0.381 e. The highest BCUT2D eigenvalue weighted by atomic mass is 32.1. The molecule has 0 N–H and O–H groups in total. The number of thiol groups is 1. The number of halogens is 13. The molecular weight excluding hydrogens is 523 g/mol. The summed E-state index contributed by atoms with van der Waals surface area (Å²) < 4.78 is 173. The van der Waals surface area contributed by atoms with Gasteiger partial charge in [-0.2, -0.15) is 69.7 Å². The predicted molar refractivity (Wildman–Crippen MR) is 102 cm³/mol. The van der Waals surface area contributed by atoms with E-state index in [1.807, 2.05) is 0 Å². The van der Waals surface area contributed by atoms with Crippen molar-refractivity contribution >= 4 is 12.6 Å². The van der Waals surface area contributed by atoms with E-state index in [0.29, 0.717) is 6.42 Å². The Bertz CT molecular complexity index is 579. The molecule has 0 bridgehead atoms. The first-order valence-electron chi connectivity index (χ1n) is 10.5. The number of unbranched alkanes of at least 4 members (excludes halogenated alkanes) is 8. The summed E-state index contributed by atoms with van der Waals surface area (Å²) in [5.41, 5.74) is 0. The molecule has 1 nitrogen and oxygen atoms in total. The van der Waals surface area contributed by atoms with Gasteiger partial charge in [0.15, 0.2) is 0 Å². The van der Waals surface area contributed by atoms with E-state index in [4.69, 9.17) is 0 Å². The molecule has 0 spiro atoms. The minimum absolute atomic E-state index is 0.262. The molecule has 0 heterocycles. The van der Waals surface area contributed by atoms with Crippen LogP contribution in [-0.4, -0.2) is 54.8 Å². The van der Waals surface area contributed by atoms with E-state index in [-0.39, 0.29) is 13.0 Å². The van der Waals surface area contributed by atoms with Gasteiger partial charge in [-0.1, -0.05) is 44.9 Å². The maximum atomic E-state index is 13.6. The van der Waals surface area contributed by atoms with Gasteiger partial charge in [0.1, 0.15) is 0 Å². The zero-order valence-electron chi connectivity index (χ0n) is 18.0. The fraction of sp³-hybridized carbons (Fsp3) is 1.00. The summed E-state index contributed by atoms with van der Waals surface area (Å²) in [4.78, 5) is 0. The summed E-state index contributed by atoms with van der Waals surface area (Å²) in [6.45, 7) is -1.60. The van der Waals surface area contributed by atoms with E-state index in [0.717, 1.165) is 50.7 Å². The molecule has 0 fully saturated rings. The molecule has 0 amide bonds. The Hall–Kier alpha value is -0.600. The SMILES string of the molecule is FC(F)(F)C(F)(F)C(F)(F)C(F)(F)C(F)(F)C(F)(F)CCOCCCCCCCCCCCS. The second-order valence-electron chi connectivity index (χ2n) is 7.77. The monoisotopic (exact) mass is 550 g/mol. The molecule has 0 saturated heterocycles. The van der Waals surface area contributed by atoms with E-state index >= 15 is 0 Å². The summed E-state index contributed by atoms with van der Waals surface area (Å²) in [5, 5.41) is 0. The Balaban J connectivity index is 4.63. The molecule has 0 aliphatic carbocycles. The number of rotatable bonds is 18. The lowest BCUT2D eigenvalue weighted by Gasteiger charge is -2.39. The summed E-state index contributed by atoms with van der Waals surface area (Å²) >= 11 is 4.08. The zero-order chi connectivity index (χ0) is 26.9. The number of ether oxygens (including phenoxy) is 1. The minimum atomic E-state index is -7.86. The van der Waals surface area contributed by atoms with Crippen LogP contribution in [0, 0.1) is 0 Å². The highest BCUT2D eigenvalue weighted by Gasteiger charge is 2.90. The smallest absolute Gasteiger partial charge is 0.381 e. The van der Waals surface area contributed by atoms with Crippen molar-refractivity contribution in [2.75, 3.05) is 19.0 Å². The molecule has 34 heavy (non-hydrogen) atoms. The summed E-state index contributed by atoms with van der Waals surface area (Å²) in [6.07, 6.45) is -2.12. The molecule has 15 heteroatoms. The fourth-order valence-electron chi connectivity index (χ4n) is 2.81. The predicted octanol–water partition coefficient (Wildman–Crippen LogP) is 8.57. The van der Waals surface area contributed by atoms with Gasteiger partial charge >= 0.3 is 35.8 Å². The molecule has 0 aliphatic heterocycles. The van der Waals surface area contributed by atoms with Gasteiger partial charge in [0.05, 0.1) is 6.61 Å². The third-order valence-corrected chi connectivity index (χ3v) is 5.32. The third kappa shape index (κ3) is 7.95. The largest absolute Gasteiger partial charge is 0.460 e. The van der Waals surface area contributed by atoms with Gasteiger partial charge in [0.25, 0.3) is 0 Å². The first-order valence-corrected chi connectivity index (χ1v) is 11.1. The Kier molecular flexibility index (Phi) is 12.9. The van der Waals surface area contributed by atoms with Crippen molar-refractivity contribution in [1.82, 2.24) is 0 Å². The second-order valence-corrected chi connectivity index (χ2v) is 8.21. The van der Waals surface area contributed by atoms with E-state index < -0.39 is 48.8 Å². The molecule has 0 aromatic rings. The van der Waals surface area contributed by atoms with Crippen LogP contribution in [0.3, 0.4) is 0 Å². The van der Waals surface area contributed by atoms with Crippen molar-refractivity contribution in [2.24, 2.45) is 0 Å². The van der Waals surface area contributed by atoms with Crippen LogP contribution < -0.4 is 0 Å². The average molecular weight is 550 g/mol. The number of hydrogen-bond donors (Lipinski definition) is 1. The van der Waals surface area contributed by atoms with Gasteiger partial charge in [-0.15, -0.1) is 0 Å². The average Bonchev–Trinajstić information content (AvgIpc) is 2.70. The Morgan fingerprint density at radius 3 is 1.24 bits per heavy atom. The fourth-order valence-corrected chi connectivity index (χ4v) is 3.04. The number of alkyl halides is 13. The topological polar surface area (TPSA) is 9.23 Å². The quantitative estimate of drug-likeness (QED) is 0.102. The van der Waals surface area contributed by atoms with E-state index in [9.17, 15) is 57.1 Å². The lowest BCUT2D eigenvalue weighted by Crippen LogP contribution is -2.70. The molecule has 0 saturated carbocycles. The van der Waals surface area contributed by atoms with Crippen LogP contribution in [0.1, 0.15) is 64.2 Å². The van der Waals surface area contributed by atoms with Gasteiger partial charge in [-0.05, 0) is 18.6 Å². The summed E-state index contributed by atoms with van der Waals surface area (Å²) in [6, 6.07) is 0. The van der Waals surface area contributed by atoms with Gasteiger partial charge in [-0.3, -0.25) is 0 Å². The Morgan fingerprint density at radius 2 is 0.824 bits per heavy atom. The van der Waals surface area contributed by atoms with E-state index in [1.54, 1.807) is 0 Å². The molecular formula is C19H27F13OS. The lowest BCUT2D eigenvalue weighted by molar-refractivity contribution is -0.440. The van der Waals surface area contributed by atoms with Gasteiger partial charge < -0.3 is 4.74 Å². The molecule has 206 valence electrons. The van der Waals surface area contributed by atoms with Crippen molar-refractivity contribution in [3.8, 4) is 0 Å². The summed E-state index contributed by atoms with van der Waals surface area (Å²) in [5.74, 6) is -35.8.